The second kappa shape index (κ2) is 4.61. The molecule has 4 aliphatic carbocycles. The number of hydrogen-bond donors (Lipinski definition) is 4. The van der Waals surface area contributed by atoms with Crippen molar-refractivity contribution < 1.29 is 30.0 Å². The van der Waals surface area contributed by atoms with Crippen LogP contribution in [0, 0.1) is 34.0 Å². The van der Waals surface area contributed by atoms with Gasteiger partial charge in [0.05, 0.1) is 18.8 Å². The van der Waals surface area contributed by atoms with Gasteiger partial charge in [0.15, 0.2) is 5.78 Å². The van der Waals surface area contributed by atoms with Gasteiger partial charge in [0.25, 0.3) is 0 Å². The molecule has 0 aromatic rings. The van der Waals surface area contributed by atoms with Crippen LogP contribution in [-0.4, -0.2) is 56.9 Å². The van der Waals surface area contributed by atoms with Crippen molar-refractivity contribution in [2.45, 2.75) is 63.6 Å². The zero-order valence-corrected chi connectivity index (χ0v) is 15.3. The summed E-state index contributed by atoms with van der Waals surface area (Å²) in [7, 11) is 0. The molecule has 4 N–H and O–H groups in total. The summed E-state index contributed by atoms with van der Waals surface area (Å²) in [5, 5.41) is 45.1. The van der Waals surface area contributed by atoms with Crippen LogP contribution in [0.15, 0.2) is 12.2 Å². The number of hydrogen-bond acceptors (Lipinski definition) is 6. The van der Waals surface area contributed by atoms with Crippen molar-refractivity contribution in [1.29, 1.82) is 0 Å². The average Bonchev–Trinajstić information content (AvgIpc) is 2.67. The Morgan fingerprint density at radius 3 is 2.50 bits per heavy atom. The zero-order valence-electron chi connectivity index (χ0n) is 15.3. The number of aliphatic hydroxyl groups is 4. The number of ether oxygens (including phenoxy) is 1. The highest BCUT2D eigenvalue weighted by atomic mass is 16.6. The summed E-state index contributed by atoms with van der Waals surface area (Å²) < 4.78 is 5.83. The van der Waals surface area contributed by atoms with Crippen molar-refractivity contribution in [2.24, 2.45) is 34.0 Å². The summed E-state index contributed by atoms with van der Waals surface area (Å²) in [4.78, 5) is 13.4. The normalized spacial score (nSPS) is 59.9. The molecule has 0 aromatic heterocycles. The molecule has 6 rings (SSSR count). The zero-order chi connectivity index (χ0) is 18.9. The molecule has 2 unspecified atom stereocenters. The van der Waals surface area contributed by atoms with E-state index in [1.165, 1.54) is 0 Å². The molecule has 4 saturated carbocycles. The molecule has 0 amide bonds. The van der Waals surface area contributed by atoms with E-state index >= 15 is 0 Å². The Labute approximate surface area is 152 Å². The molecule has 2 saturated heterocycles. The molecule has 6 heteroatoms. The van der Waals surface area contributed by atoms with Crippen molar-refractivity contribution in [1.82, 2.24) is 0 Å². The fourth-order valence-corrected chi connectivity index (χ4v) is 8.03. The maximum atomic E-state index is 13.4. The van der Waals surface area contributed by atoms with Crippen LogP contribution in [0.25, 0.3) is 0 Å². The Kier molecular flexibility index (Phi) is 3.07. The highest BCUT2D eigenvalue weighted by molar-refractivity contribution is 6.05. The maximum Gasteiger partial charge on any atom is 0.208 e. The van der Waals surface area contributed by atoms with E-state index in [1.807, 2.05) is 0 Å². The van der Waals surface area contributed by atoms with Gasteiger partial charge in [0.2, 0.25) is 5.79 Å². The first kappa shape index (κ1) is 17.3. The molecule has 6 fully saturated rings. The number of ketones is 1. The van der Waals surface area contributed by atoms with Gasteiger partial charge < -0.3 is 25.2 Å². The summed E-state index contributed by atoms with van der Waals surface area (Å²) in [6.45, 7) is 8.18. The summed E-state index contributed by atoms with van der Waals surface area (Å²) in [6.07, 6.45) is -0.572. The predicted molar refractivity (Wildman–Crippen MR) is 90.7 cm³/mol. The number of carbonyl (C=O) groups excluding carboxylic acids is 1. The van der Waals surface area contributed by atoms with Crippen molar-refractivity contribution >= 4 is 5.78 Å². The number of carbonyl (C=O) groups is 1. The second-order valence-corrected chi connectivity index (χ2v) is 10.0. The lowest BCUT2D eigenvalue weighted by atomic mass is 9.36. The predicted octanol–water partition coefficient (Wildman–Crippen LogP) is 0.376. The highest BCUT2D eigenvalue weighted by Gasteiger charge is 2.87. The molecule has 2 heterocycles. The van der Waals surface area contributed by atoms with Crippen LogP contribution in [0.4, 0.5) is 0 Å². The van der Waals surface area contributed by atoms with E-state index in [2.05, 4.69) is 20.4 Å². The summed E-state index contributed by atoms with van der Waals surface area (Å²) in [6, 6.07) is 0. The van der Waals surface area contributed by atoms with Crippen LogP contribution in [0.1, 0.15) is 39.5 Å². The van der Waals surface area contributed by atoms with Crippen molar-refractivity contribution in [2.75, 3.05) is 6.61 Å². The average molecular weight is 364 g/mol. The first-order valence-electron chi connectivity index (χ1n) is 9.70. The van der Waals surface area contributed by atoms with Crippen LogP contribution >= 0.6 is 0 Å². The SMILES string of the molecule is C=C1C(=O)[C@]23C(O)[C@H]1C[C@H](O)[C@H]2[C@]12CCCC(C)(C)C1[C@H](O)[C@@]3(O)OC2. The lowest BCUT2D eigenvalue weighted by Crippen LogP contribution is -2.85. The van der Waals surface area contributed by atoms with Gasteiger partial charge in [0.1, 0.15) is 11.5 Å². The molecule has 6 nitrogen and oxygen atoms in total. The van der Waals surface area contributed by atoms with Crippen LogP contribution in [0.2, 0.25) is 0 Å². The van der Waals surface area contributed by atoms with Crippen molar-refractivity contribution in [3.8, 4) is 0 Å². The minimum Gasteiger partial charge on any atom is -0.393 e. The van der Waals surface area contributed by atoms with E-state index in [9.17, 15) is 25.2 Å². The smallest absolute Gasteiger partial charge is 0.208 e. The monoisotopic (exact) mass is 364 g/mol. The van der Waals surface area contributed by atoms with E-state index in [4.69, 9.17) is 4.74 Å². The first-order valence-corrected chi connectivity index (χ1v) is 9.70. The van der Waals surface area contributed by atoms with E-state index in [1.54, 1.807) is 0 Å². The molecule has 0 aromatic carbocycles. The molecule has 2 aliphatic heterocycles. The third-order valence-electron chi connectivity index (χ3n) is 8.75. The Morgan fingerprint density at radius 2 is 1.81 bits per heavy atom. The molecule has 0 radical (unpaired) electrons. The lowest BCUT2D eigenvalue weighted by molar-refractivity contribution is -0.456. The third kappa shape index (κ3) is 1.44. The topological polar surface area (TPSA) is 107 Å². The number of fused-ring (bicyclic) bond motifs is 2. The Bertz CT molecular complexity index is 717. The van der Waals surface area contributed by atoms with Gasteiger partial charge in [-0.25, -0.2) is 0 Å². The Hall–Kier alpha value is -0.790. The largest absolute Gasteiger partial charge is 0.393 e. The minimum atomic E-state index is -2.20. The van der Waals surface area contributed by atoms with Gasteiger partial charge in [-0.2, -0.15) is 0 Å². The van der Waals surface area contributed by atoms with Crippen LogP contribution < -0.4 is 0 Å². The van der Waals surface area contributed by atoms with Crippen molar-refractivity contribution in [3.05, 3.63) is 12.2 Å². The van der Waals surface area contributed by atoms with Gasteiger partial charge in [-0.3, -0.25) is 4.79 Å². The second-order valence-electron chi connectivity index (χ2n) is 10.0. The van der Waals surface area contributed by atoms with Gasteiger partial charge in [-0.15, -0.1) is 0 Å². The van der Waals surface area contributed by atoms with Crippen LogP contribution in [0.5, 0.6) is 0 Å². The maximum absolute atomic E-state index is 13.4. The van der Waals surface area contributed by atoms with E-state index in [0.29, 0.717) is 6.42 Å². The van der Waals surface area contributed by atoms with Gasteiger partial charge >= 0.3 is 0 Å². The molecular formula is C20H28O6. The summed E-state index contributed by atoms with van der Waals surface area (Å²) in [5.74, 6) is -4.19. The van der Waals surface area contributed by atoms with E-state index in [0.717, 1.165) is 12.8 Å². The quantitative estimate of drug-likeness (QED) is 0.463. The van der Waals surface area contributed by atoms with E-state index < -0.39 is 52.5 Å². The molecule has 144 valence electrons. The third-order valence-corrected chi connectivity index (χ3v) is 8.75. The minimum absolute atomic E-state index is 0.190. The number of rotatable bonds is 0. The summed E-state index contributed by atoms with van der Waals surface area (Å²) >= 11 is 0. The molecule has 6 aliphatic rings. The van der Waals surface area contributed by atoms with Crippen LogP contribution in [-0.2, 0) is 9.53 Å². The lowest BCUT2D eigenvalue weighted by Gasteiger charge is -2.74. The molecule has 26 heavy (non-hydrogen) atoms. The van der Waals surface area contributed by atoms with Crippen molar-refractivity contribution in [3.63, 3.8) is 0 Å². The molecule has 2 spiro atoms. The Morgan fingerprint density at radius 1 is 1.12 bits per heavy atom. The van der Waals surface area contributed by atoms with Crippen LogP contribution in [0.3, 0.4) is 0 Å². The molecule has 9 atom stereocenters. The van der Waals surface area contributed by atoms with Gasteiger partial charge in [-0.05, 0) is 30.3 Å². The fraction of sp³-hybridized carbons (Fsp3) is 0.850. The summed E-state index contributed by atoms with van der Waals surface area (Å²) in [5.41, 5.74) is -2.40. The number of Topliss-reactive ketones (excluding diaryl/α,β-unsaturated/α-hetero) is 1. The van der Waals surface area contributed by atoms with E-state index in [-0.39, 0.29) is 29.9 Å². The van der Waals surface area contributed by atoms with Gasteiger partial charge in [-0.1, -0.05) is 26.8 Å². The molecule has 4 bridgehead atoms. The van der Waals surface area contributed by atoms with Gasteiger partial charge in [0, 0.05) is 23.2 Å². The Balaban J connectivity index is 1.82. The fourth-order valence-electron chi connectivity index (χ4n) is 8.03. The molecular weight excluding hydrogens is 336 g/mol. The highest BCUT2D eigenvalue weighted by Crippen LogP contribution is 2.76. The number of aliphatic hydroxyl groups excluding tert-OH is 3. The standard InChI is InChI=1S/C20H28O6/c1-9-10-7-11(21)12-18-6-4-5-17(2,3)13(18)16(24)20(25,26-8-18)19(12,14(9)22)15(10)23/h10-13,15-16,21,23-25H,1,4-8H2,2-3H3/t10-,11-,12-,13?,15?,16-,18+,19-,20+/m0/s1. The first-order chi connectivity index (χ1) is 12.1.